The van der Waals surface area contributed by atoms with Crippen LogP contribution >= 0.6 is 46.7 Å². The Labute approximate surface area is 185 Å². The van der Waals surface area contributed by atoms with Gasteiger partial charge in [-0.15, -0.1) is 23.7 Å². The standard InChI is InChI=1S/C20H24ClN3OS2.ClH/c1-4-23(5-2)11-12-24(18(25)13-15-9-10-17(21)26-15)20-22-19-14(3)7-6-8-16(19)27-20;/h6-10H,4-5,11-13H2,1-3H3;1H. The van der Waals surface area contributed by atoms with E-state index in [1.165, 1.54) is 11.3 Å². The number of amides is 1. The molecule has 0 radical (unpaired) electrons. The second-order valence-electron chi connectivity index (χ2n) is 6.37. The lowest BCUT2D eigenvalue weighted by molar-refractivity contribution is -0.118. The van der Waals surface area contributed by atoms with Gasteiger partial charge >= 0.3 is 0 Å². The van der Waals surface area contributed by atoms with Crippen molar-refractivity contribution >= 4 is 67.9 Å². The number of para-hydroxylation sites is 1. The van der Waals surface area contributed by atoms with Crippen LogP contribution in [0.2, 0.25) is 4.34 Å². The third kappa shape index (κ3) is 5.45. The number of nitrogens with zero attached hydrogens (tertiary/aromatic N) is 3. The third-order valence-corrected chi connectivity index (χ3v) is 6.90. The average molecular weight is 458 g/mol. The number of thiophene rings is 1. The van der Waals surface area contributed by atoms with E-state index in [0.717, 1.165) is 45.4 Å². The van der Waals surface area contributed by atoms with Crippen LogP contribution in [0.4, 0.5) is 5.13 Å². The summed E-state index contributed by atoms with van der Waals surface area (Å²) >= 11 is 9.07. The fourth-order valence-corrected chi connectivity index (χ4v) is 5.15. The smallest absolute Gasteiger partial charge is 0.234 e. The van der Waals surface area contributed by atoms with Crippen LogP contribution in [0.5, 0.6) is 0 Å². The predicted molar refractivity (Wildman–Crippen MR) is 125 cm³/mol. The van der Waals surface area contributed by atoms with Crippen LogP contribution in [0, 0.1) is 6.92 Å². The first-order chi connectivity index (χ1) is 13.0. The van der Waals surface area contributed by atoms with Gasteiger partial charge in [0.15, 0.2) is 5.13 Å². The molecule has 0 bridgehead atoms. The Morgan fingerprint density at radius 2 is 1.86 bits per heavy atom. The van der Waals surface area contributed by atoms with E-state index in [1.807, 2.05) is 23.1 Å². The Hall–Kier alpha value is -1.18. The van der Waals surface area contributed by atoms with Crippen LogP contribution in [-0.2, 0) is 11.2 Å². The number of likely N-dealkylation sites (N-methyl/N-ethyl adjacent to an activating group) is 1. The molecule has 0 saturated carbocycles. The molecular weight excluding hydrogens is 433 g/mol. The summed E-state index contributed by atoms with van der Waals surface area (Å²) in [6, 6.07) is 9.93. The number of halogens is 2. The zero-order chi connectivity index (χ0) is 19.4. The summed E-state index contributed by atoms with van der Waals surface area (Å²) in [5, 5.41) is 0.777. The molecule has 0 atom stereocenters. The predicted octanol–water partition coefficient (Wildman–Crippen LogP) is 5.66. The second-order valence-corrected chi connectivity index (χ2v) is 9.18. The van der Waals surface area contributed by atoms with E-state index in [1.54, 1.807) is 11.3 Å². The third-order valence-electron chi connectivity index (χ3n) is 4.63. The van der Waals surface area contributed by atoms with Crippen LogP contribution in [0.15, 0.2) is 30.3 Å². The quantitative estimate of drug-likeness (QED) is 0.437. The van der Waals surface area contributed by atoms with E-state index in [0.29, 0.717) is 17.3 Å². The summed E-state index contributed by atoms with van der Waals surface area (Å²) in [6.07, 6.45) is 0.352. The minimum Gasteiger partial charge on any atom is -0.302 e. The molecule has 0 unspecified atom stereocenters. The van der Waals surface area contributed by atoms with Crippen molar-refractivity contribution in [1.29, 1.82) is 0 Å². The van der Waals surface area contributed by atoms with E-state index in [-0.39, 0.29) is 18.3 Å². The summed E-state index contributed by atoms with van der Waals surface area (Å²) < 4.78 is 1.83. The summed E-state index contributed by atoms with van der Waals surface area (Å²) in [7, 11) is 0. The molecule has 2 heterocycles. The number of aromatic nitrogens is 1. The Bertz CT molecular complexity index is 921. The maximum atomic E-state index is 13.1. The Morgan fingerprint density at radius 1 is 1.11 bits per heavy atom. The number of anilines is 1. The van der Waals surface area contributed by atoms with Gasteiger partial charge in [0, 0.05) is 18.0 Å². The topological polar surface area (TPSA) is 36.4 Å². The Kier molecular flexibility index (Phi) is 8.71. The first-order valence-electron chi connectivity index (χ1n) is 9.14. The molecule has 0 aliphatic heterocycles. The van der Waals surface area contributed by atoms with E-state index < -0.39 is 0 Å². The van der Waals surface area contributed by atoms with E-state index >= 15 is 0 Å². The molecule has 1 amide bonds. The van der Waals surface area contributed by atoms with Crippen LogP contribution in [0.25, 0.3) is 10.2 Å². The van der Waals surface area contributed by atoms with Crippen molar-refractivity contribution in [3.05, 3.63) is 45.1 Å². The molecule has 28 heavy (non-hydrogen) atoms. The maximum absolute atomic E-state index is 13.1. The molecule has 0 aliphatic rings. The SMILES string of the molecule is CCN(CC)CCN(C(=O)Cc1ccc(Cl)s1)c1nc2c(C)cccc2s1.Cl. The lowest BCUT2D eigenvalue weighted by Gasteiger charge is -2.24. The number of carbonyl (C=O) groups excluding carboxylic acids is 1. The highest BCUT2D eigenvalue weighted by Gasteiger charge is 2.21. The van der Waals surface area contributed by atoms with Crippen molar-refractivity contribution in [1.82, 2.24) is 9.88 Å². The van der Waals surface area contributed by atoms with Crippen molar-refractivity contribution in [2.24, 2.45) is 0 Å². The summed E-state index contributed by atoms with van der Waals surface area (Å²) in [5.74, 6) is 0.0670. The fraction of sp³-hybridized carbons (Fsp3) is 0.400. The molecule has 3 aromatic rings. The summed E-state index contributed by atoms with van der Waals surface area (Å²) in [5.41, 5.74) is 2.12. The molecule has 8 heteroatoms. The van der Waals surface area contributed by atoms with Gasteiger partial charge in [-0.25, -0.2) is 4.98 Å². The number of rotatable bonds is 8. The lowest BCUT2D eigenvalue weighted by Crippen LogP contribution is -2.39. The number of fused-ring (bicyclic) bond motifs is 1. The van der Waals surface area contributed by atoms with Gasteiger partial charge in [0.2, 0.25) is 5.91 Å². The van der Waals surface area contributed by atoms with Crippen molar-refractivity contribution in [3.8, 4) is 0 Å². The van der Waals surface area contributed by atoms with Gasteiger partial charge in [0.25, 0.3) is 0 Å². The maximum Gasteiger partial charge on any atom is 0.234 e. The monoisotopic (exact) mass is 457 g/mol. The van der Waals surface area contributed by atoms with Gasteiger partial charge in [0.05, 0.1) is 21.0 Å². The Morgan fingerprint density at radius 3 is 2.46 bits per heavy atom. The van der Waals surface area contributed by atoms with Crippen LogP contribution in [0.1, 0.15) is 24.3 Å². The molecule has 0 N–H and O–H groups in total. The summed E-state index contributed by atoms with van der Waals surface area (Å²) in [4.78, 5) is 23.0. The molecule has 0 spiro atoms. The van der Waals surface area contributed by atoms with Gasteiger partial charge in [-0.2, -0.15) is 0 Å². The van der Waals surface area contributed by atoms with Gasteiger partial charge in [-0.1, -0.05) is 48.9 Å². The number of hydrogen-bond acceptors (Lipinski definition) is 5. The minimum absolute atomic E-state index is 0. The van der Waals surface area contributed by atoms with Gasteiger partial charge in [-0.3, -0.25) is 9.69 Å². The molecular formula is C20H25Cl2N3OS2. The molecule has 3 rings (SSSR count). The van der Waals surface area contributed by atoms with Crippen molar-refractivity contribution < 1.29 is 4.79 Å². The Balaban J connectivity index is 0.00000280. The minimum atomic E-state index is 0. The van der Waals surface area contributed by atoms with E-state index in [2.05, 4.69) is 37.8 Å². The van der Waals surface area contributed by atoms with Gasteiger partial charge in [0.1, 0.15) is 0 Å². The second kappa shape index (κ2) is 10.6. The molecule has 0 saturated heterocycles. The summed E-state index contributed by atoms with van der Waals surface area (Å²) in [6.45, 7) is 9.75. The van der Waals surface area contributed by atoms with Gasteiger partial charge in [-0.05, 0) is 43.8 Å². The molecule has 1 aromatic carbocycles. The molecule has 0 fully saturated rings. The normalized spacial score (nSPS) is 11.0. The van der Waals surface area contributed by atoms with Crippen molar-refractivity contribution in [3.63, 3.8) is 0 Å². The zero-order valence-corrected chi connectivity index (χ0v) is 19.5. The highest BCUT2D eigenvalue weighted by molar-refractivity contribution is 7.22. The number of thiazole rings is 1. The van der Waals surface area contributed by atoms with Crippen LogP contribution in [-0.4, -0.2) is 42.0 Å². The number of hydrogen-bond donors (Lipinski definition) is 0. The number of carbonyl (C=O) groups is 1. The highest BCUT2D eigenvalue weighted by atomic mass is 35.5. The largest absolute Gasteiger partial charge is 0.302 e. The first-order valence-corrected chi connectivity index (χ1v) is 11.2. The zero-order valence-electron chi connectivity index (χ0n) is 16.3. The van der Waals surface area contributed by atoms with E-state index in [9.17, 15) is 4.79 Å². The van der Waals surface area contributed by atoms with Crippen LogP contribution in [0.3, 0.4) is 0 Å². The lowest BCUT2D eigenvalue weighted by atomic mass is 10.2. The molecule has 2 aromatic heterocycles. The van der Waals surface area contributed by atoms with E-state index in [4.69, 9.17) is 16.6 Å². The number of aryl methyl sites for hydroxylation is 1. The van der Waals surface area contributed by atoms with Crippen molar-refractivity contribution in [2.45, 2.75) is 27.2 Å². The number of benzene rings is 1. The average Bonchev–Trinajstić information content (AvgIpc) is 3.25. The van der Waals surface area contributed by atoms with Crippen molar-refractivity contribution in [2.75, 3.05) is 31.1 Å². The molecule has 4 nitrogen and oxygen atoms in total. The highest BCUT2D eigenvalue weighted by Crippen LogP contribution is 2.31. The first kappa shape index (κ1) is 23.1. The fourth-order valence-electron chi connectivity index (χ4n) is 2.99. The molecule has 0 aliphatic carbocycles. The van der Waals surface area contributed by atoms with Crippen LogP contribution < -0.4 is 4.90 Å². The van der Waals surface area contributed by atoms with Gasteiger partial charge < -0.3 is 4.90 Å². The molecule has 152 valence electrons.